The SMILES string of the molecule is O=C(O)CNC(=O)c1cccc2c3c([nH]c12)[C@@H]1Oc2c(O)ccc4c2[C@@]12CCN(CC1CC1)[C@H](C4)[C@]2(O)C3. The van der Waals surface area contributed by atoms with E-state index in [-0.39, 0.29) is 11.8 Å². The number of nitrogens with one attached hydrogen (secondary N) is 2. The summed E-state index contributed by atoms with van der Waals surface area (Å²) in [5, 5.41) is 36.1. The van der Waals surface area contributed by atoms with Crippen LogP contribution >= 0.6 is 0 Å². The Balaban J connectivity index is 1.33. The first-order valence-electron chi connectivity index (χ1n) is 13.4. The monoisotopic (exact) mass is 515 g/mol. The molecule has 3 aliphatic carbocycles. The predicted octanol–water partition coefficient (Wildman–Crippen LogP) is 2.39. The summed E-state index contributed by atoms with van der Waals surface area (Å²) in [6, 6.07) is 9.00. The number of H-pyrrole nitrogens is 1. The fourth-order valence-corrected chi connectivity index (χ4v) is 8.09. The van der Waals surface area contributed by atoms with E-state index in [9.17, 15) is 19.8 Å². The first-order chi connectivity index (χ1) is 18.3. The molecule has 3 aromatic rings. The van der Waals surface area contributed by atoms with Gasteiger partial charge in [-0.05, 0) is 61.4 Å². The number of ether oxygens (including phenoxy) is 1. The van der Waals surface area contributed by atoms with Gasteiger partial charge in [0.05, 0.1) is 27.8 Å². The van der Waals surface area contributed by atoms with E-state index in [4.69, 9.17) is 9.84 Å². The summed E-state index contributed by atoms with van der Waals surface area (Å²) < 4.78 is 6.60. The number of benzene rings is 2. The van der Waals surface area contributed by atoms with E-state index in [0.29, 0.717) is 42.0 Å². The van der Waals surface area contributed by atoms with Gasteiger partial charge in [-0.2, -0.15) is 0 Å². The Kier molecular flexibility index (Phi) is 4.31. The summed E-state index contributed by atoms with van der Waals surface area (Å²) >= 11 is 0. The van der Waals surface area contributed by atoms with Gasteiger partial charge < -0.3 is 30.4 Å². The molecule has 3 heterocycles. The quantitative estimate of drug-likeness (QED) is 0.352. The second-order valence-electron chi connectivity index (χ2n) is 11.7. The van der Waals surface area contributed by atoms with Crippen molar-refractivity contribution in [2.24, 2.45) is 5.92 Å². The van der Waals surface area contributed by atoms with Gasteiger partial charge in [-0.25, -0.2) is 0 Å². The van der Waals surface area contributed by atoms with Gasteiger partial charge in [-0.15, -0.1) is 0 Å². The normalized spacial score (nSPS) is 30.4. The number of nitrogens with zero attached hydrogens (tertiary/aromatic N) is 1. The number of carbonyl (C=O) groups is 2. The number of para-hydroxylation sites is 1. The van der Waals surface area contributed by atoms with E-state index in [1.807, 2.05) is 12.1 Å². The molecule has 1 spiro atoms. The van der Waals surface area contributed by atoms with Crippen molar-refractivity contribution < 1.29 is 29.6 Å². The van der Waals surface area contributed by atoms with E-state index in [2.05, 4.69) is 15.2 Å². The molecule has 1 saturated heterocycles. The summed E-state index contributed by atoms with van der Waals surface area (Å²) in [5.74, 6) is -0.349. The number of carboxylic acids is 1. The van der Waals surface area contributed by atoms with Crippen LogP contribution in [-0.2, 0) is 23.1 Å². The molecule has 9 heteroatoms. The first-order valence-corrected chi connectivity index (χ1v) is 13.4. The predicted molar refractivity (Wildman–Crippen MR) is 136 cm³/mol. The lowest BCUT2D eigenvalue weighted by Crippen LogP contribution is -2.74. The van der Waals surface area contributed by atoms with Crippen molar-refractivity contribution >= 4 is 22.8 Å². The highest BCUT2D eigenvalue weighted by Crippen LogP contribution is 2.69. The number of hydrogen-bond acceptors (Lipinski definition) is 6. The zero-order chi connectivity index (χ0) is 26.0. The average Bonchev–Trinajstić information content (AvgIpc) is 3.53. The maximum Gasteiger partial charge on any atom is 0.322 e. The molecule has 2 bridgehead atoms. The van der Waals surface area contributed by atoms with Crippen molar-refractivity contribution in [1.29, 1.82) is 0 Å². The number of rotatable bonds is 5. The molecule has 2 aromatic carbocycles. The van der Waals surface area contributed by atoms with E-state index < -0.39 is 35.5 Å². The van der Waals surface area contributed by atoms with Crippen LogP contribution in [0.1, 0.15) is 58.1 Å². The van der Waals surface area contributed by atoms with Crippen LogP contribution in [0.15, 0.2) is 30.3 Å². The molecule has 196 valence electrons. The summed E-state index contributed by atoms with van der Waals surface area (Å²) in [6.45, 7) is 1.37. The zero-order valence-corrected chi connectivity index (χ0v) is 20.8. The Bertz CT molecular complexity index is 1560. The van der Waals surface area contributed by atoms with E-state index in [1.54, 1.807) is 18.2 Å². The number of piperidine rings is 1. The Morgan fingerprint density at radius 1 is 1.21 bits per heavy atom. The van der Waals surface area contributed by atoms with Crippen molar-refractivity contribution in [3.8, 4) is 11.5 Å². The molecule has 2 fully saturated rings. The number of phenols is 1. The molecule has 2 aliphatic heterocycles. The second-order valence-corrected chi connectivity index (χ2v) is 11.7. The van der Waals surface area contributed by atoms with Crippen molar-refractivity contribution in [3.05, 3.63) is 58.3 Å². The maximum absolute atomic E-state index is 12.9. The van der Waals surface area contributed by atoms with E-state index >= 15 is 0 Å². The lowest BCUT2D eigenvalue weighted by Gasteiger charge is -2.62. The number of aliphatic carboxylic acids is 1. The number of carboxylic acid groups (broad SMARTS) is 1. The van der Waals surface area contributed by atoms with Gasteiger partial charge in [-0.1, -0.05) is 18.2 Å². The number of aromatic amines is 1. The van der Waals surface area contributed by atoms with Crippen LogP contribution in [-0.4, -0.2) is 68.4 Å². The number of amides is 1. The Morgan fingerprint density at radius 3 is 2.84 bits per heavy atom. The smallest absolute Gasteiger partial charge is 0.322 e. The van der Waals surface area contributed by atoms with Gasteiger partial charge in [-0.3, -0.25) is 14.5 Å². The lowest BCUT2D eigenvalue weighted by atomic mass is 9.49. The van der Waals surface area contributed by atoms with Crippen molar-refractivity contribution in [2.75, 3.05) is 19.6 Å². The summed E-state index contributed by atoms with van der Waals surface area (Å²) in [5.41, 5.74) is 2.95. The second kappa shape index (κ2) is 7.30. The number of aromatic nitrogens is 1. The molecule has 9 nitrogen and oxygen atoms in total. The van der Waals surface area contributed by atoms with Crippen LogP contribution < -0.4 is 10.1 Å². The number of aromatic hydroxyl groups is 1. The number of likely N-dealkylation sites (tertiary alicyclic amines) is 1. The molecular formula is C29H29N3O6. The summed E-state index contributed by atoms with van der Waals surface area (Å²) in [7, 11) is 0. The standard InChI is InChI=1S/C29H29N3O6/c33-19-7-6-15-10-20-29(37)11-18-16-2-1-3-17(27(36)30-12-21(34)35)23(16)31-24(18)26-28(29,22(15)25(19)38-26)8-9-32(20)13-14-4-5-14/h1-3,6-7,14,20,26,31,33,37H,4-5,8-13H2,(H,30,36)(H,34,35)/t20-,26+,28+,29-/m1/s1. The molecule has 5 N–H and O–H groups in total. The molecule has 38 heavy (non-hydrogen) atoms. The molecule has 0 radical (unpaired) electrons. The zero-order valence-electron chi connectivity index (χ0n) is 20.8. The largest absolute Gasteiger partial charge is 0.504 e. The third kappa shape index (κ3) is 2.68. The average molecular weight is 516 g/mol. The number of phenolic OH excluding ortho intramolecular Hbond substituents is 1. The summed E-state index contributed by atoms with van der Waals surface area (Å²) in [6.07, 6.45) is 3.76. The van der Waals surface area contributed by atoms with Crippen LogP contribution in [0, 0.1) is 5.92 Å². The molecule has 8 rings (SSSR count). The molecule has 5 aliphatic rings. The maximum atomic E-state index is 12.9. The van der Waals surface area contributed by atoms with Gasteiger partial charge in [0.15, 0.2) is 17.6 Å². The third-order valence-electron chi connectivity index (χ3n) is 9.84. The number of hydrogen-bond donors (Lipinski definition) is 5. The van der Waals surface area contributed by atoms with E-state index in [1.165, 1.54) is 12.8 Å². The van der Waals surface area contributed by atoms with Gasteiger partial charge in [0.25, 0.3) is 5.91 Å². The van der Waals surface area contributed by atoms with Crippen LogP contribution in [0.5, 0.6) is 11.5 Å². The van der Waals surface area contributed by atoms with Crippen LogP contribution in [0.4, 0.5) is 0 Å². The number of fused-ring (bicyclic) bond motifs is 4. The number of aliphatic hydroxyl groups is 1. The summed E-state index contributed by atoms with van der Waals surface area (Å²) in [4.78, 5) is 29.9. The molecule has 1 saturated carbocycles. The topological polar surface area (TPSA) is 135 Å². The minimum Gasteiger partial charge on any atom is -0.504 e. The highest BCUT2D eigenvalue weighted by molar-refractivity contribution is 6.07. The fourth-order valence-electron chi connectivity index (χ4n) is 8.09. The Labute approximate surface area is 218 Å². The lowest BCUT2D eigenvalue weighted by molar-refractivity contribution is -0.173. The third-order valence-corrected chi connectivity index (χ3v) is 9.84. The fraction of sp³-hybridized carbons (Fsp3) is 0.448. The molecule has 1 amide bonds. The Hall–Kier alpha value is -3.56. The van der Waals surface area contributed by atoms with Gasteiger partial charge in [0, 0.05) is 30.0 Å². The molecule has 4 atom stereocenters. The van der Waals surface area contributed by atoms with Crippen molar-refractivity contribution in [3.63, 3.8) is 0 Å². The minimum atomic E-state index is -1.11. The number of carbonyl (C=O) groups excluding carboxylic acids is 1. The van der Waals surface area contributed by atoms with Crippen LogP contribution in [0.25, 0.3) is 10.9 Å². The first kappa shape index (κ1) is 22.4. The molecule has 0 unspecified atom stereocenters. The molecular weight excluding hydrogens is 486 g/mol. The minimum absolute atomic E-state index is 0.0777. The molecule has 1 aromatic heterocycles. The van der Waals surface area contributed by atoms with Crippen molar-refractivity contribution in [1.82, 2.24) is 15.2 Å². The Morgan fingerprint density at radius 2 is 2.05 bits per heavy atom. The van der Waals surface area contributed by atoms with Gasteiger partial charge in [0.1, 0.15) is 6.54 Å². The highest BCUT2D eigenvalue weighted by atomic mass is 16.5. The van der Waals surface area contributed by atoms with E-state index in [0.717, 1.165) is 40.9 Å². The van der Waals surface area contributed by atoms with Crippen molar-refractivity contribution in [2.45, 2.75) is 55.3 Å². The van der Waals surface area contributed by atoms with Gasteiger partial charge in [0.2, 0.25) is 0 Å². The van der Waals surface area contributed by atoms with Crippen LogP contribution in [0.3, 0.4) is 0 Å². The van der Waals surface area contributed by atoms with Gasteiger partial charge >= 0.3 is 5.97 Å². The van der Waals surface area contributed by atoms with Crippen LogP contribution in [0.2, 0.25) is 0 Å². The highest BCUT2D eigenvalue weighted by Gasteiger charge is 2.72.